The van der Waals surface area contributed by atoms with Crippen LogP contribution in [0.2, 0.25) is 0 Å². The Balaban J connectivity index is 2.48. The standard InChI is InChI=1S/C14H12BrFO/c1-9-7-11(13(16)12(15)8-9)14(17)10-5-3-2-4-6-10/h2-8,14,17H,1H3. The van der Waals surface area contributed by atoms with E-state index in [9.17, 15) is 9.50 Å². The zero-order valence-corrected chi connectivity index (χ0v) is 10.9. The molecule has 0 saturated heterocycles. The van der Waals surface area contributed by atoms with Gasteiger partial charge in [-0.15, -0.1) is 0 Å². The molecule has 17 heavy (non-hydrogen) atoms. The highest BCUT2D eigenvalue weighted by Crippen LogP contribution is 2.29. The molecule has 3 heteroatoms. The average molecular weight is 295 g/mol. The molecule has 0 radical (unpaired) electrons. The molecule has 0 saturated carbocycles. The van der Waals surface area contributed by atoms with Crippen LogP contribution < -0.4 is 0 Å². The summed E-state index contributed by atoms with van der Waals surface area (Å²) in [4.78, 5) is 0. The molecule has 0 amide bonds. The lowest BCUT2D eigenvalue weighted by molar-refractivity contribution is 0.214. The fourth-order valence-electron chi connectivity index (χ4n) is 1.77. The Morgan fingerprint density at radius 1 is 1.18 bits per heavy atom. The third-order valence-corrected chi connectivity index (χ3v) is 3.19. The summed E-state index contributed by atoms with van der Waals surface area (Å²) >= 11 is 3.15. The molecule has 2 aromatic carbocycles. The lowest BCUT2D eigenvalue weighted by atomic mass is 9.99. The molecule has 0 heterocycles. The Kier molecular flexibility index (Phi) is 3.60. The molecule has 1 unspecified atom stereocenters. The molecular weight excluding hydrogens is 283 g/mol. The molecule has 1 nitrogen and oxygen atoms in total. The number of rotatable bonds is 2. The van der Waals surface area contributed by atoms with E-state index in [1.165, 1.54) is 0 Å². The van der Waals surface area contributed by atoms with E-state index in [1.54, 1.807) is 24.3 Å². The highest BCUT2D eigenvalue weighted by Gasteiger charge is 2.17. The molecule has 0 aliphatic rings. The van der Waals surface area contributed by atoms with Crippen LogP contribution >= 0.6 is 15.9 Å². The minimum atomic E-state index is -0.938. The fourth-order valence-corrected chi connectivity index (χ4v) is 2.36. The Hall–Kier alpha value is -1.19. The Morgan fingerprint density at radius 2 is 1.82 bits per heavy atom. The van der Waals surface area contributed by atoms with E-state index in [0.717, 1.165) is 5.56 Å². The van der Waals surface area contributed by atoms with Crippen molar-refractivity contribution in [1.29, 1.82) is 0 Å². The van der Waals surface area contributed by atoms with E-state index >= 15 is 0 Å². The Morgan fingerprint density at radius 3 is 2.47 bits per heavy atom. The maximum atomic E-state index is 13.9. The second-order valence-electron chi connectivity index (χ2n) is 3.96. The molecule has 0 aliphatic carbocycles. The first kappa shape index (κ1) is 12.3. The maximum absolute atomic E-state index is 13.9. The van der Waals surface area contributed by atoms with Crippen molar-refractivity contribution in [2.45, 2.75) is 13.0 Å². The zero-order chi connectivity index (χ0) is 12.4. The van der Waals surface area contributed by atoms with E-state index in [1.807, 2.05) is 25.1 Å². The highest BCUT2D eigenvalue weighted by molar-refractivity contribution is 9.10. The van der Waals surface area contributed by atoms with Gasteiger partial charge in [-0.2, -0.15) is 0 Å². The summed E-state index contributed by atoms with van der Waals surface area (Å²) < 4.78 is 14.3. The van der Waals surface area contributed by atoms with Gasteiger partial charge >= 0.3 is 0 Å². The van der Waals surface area contributed by atoms with Crippen LogP contribution in [0.5, 0.6) is 0 Å². The van der Waals surface area contributed by atoms with Crippen molar-refractivity contribution in [3.05, 3.63) is 69.4 Å². The van der Waals surface area contributed by atoms with Crippen molar-refractivity contribution < 1.29 is 9.50 Å². The molecule has 0 fully saturated rings. The first-order valence-electron chi connectivity index (χ1n) is 5.28. The minimum absolute atomic E-state index is 0.295. The smallest absolute Gasteiger partial charge is 0.143 e. The molecule has 0 aliphatic heterocycles. The topological polar surface area (TPSA) is 20.2 Å². The van der Waals surface area contributed by atoms with Crippen LogP contribution in [-0.2, 0) is 0 Å². The quantitative estimate of drug-likeness (QED) is 0.888. The molecule has 88 valence electrons. The molecule has 1 atom stereocenters. The van der Waals surface area contributed by atoms with Gasteiger partial charge in [-0.25, -0.2) is 4.39 Å². The summed E-state index contributed by atoms with van der Waals surface area (Å²) in [6.45, 7) is 1.87. The fraction of sp³-hybridized carbons (Fsp3) is 0.143. The lowest BCUT2D eigenvalue weighted by Gasteiger charge is -2.14. The Labute approximate surface area is 108 Å². The van der Waals surface area contributed by atoms with E-state index in [2.05, 4.69) is 15.9 Å². The number of benzene rings is 2. The van der Waals surface area contributed by atoms with Crippen molar-refractivity contribution in [2.24, 2.45) is 0 Å². The van der Waals surface area contributed by atoms with Crippen LogP contribution in [0.25, 0.3) is 0 Å². The van der Waals surface area contributed by atoms with Gasteiger partial charge in [-0.3, -0.25) is 0 Å². The lowest BCUT2D eigenvalue weighted by Crippen LogP contribution is -2.03. The number of aliphatic hydroxyl groups excluding tert-OH is 1. The molecule has 1 N–H and O–H groups in total. The van der Waals surface area contributed by atoms with Crippen molar-refractivity contribution in [1.82, 2.24) is 0 Å². The van der Waals surface area contributed by atoms with Gasteiger partial charge in [0, 0.05) is 5.56 Å². The van der Waals surface area contributed by atoms with E-state index < -0.39 is 11.9 Å². The predicted octanol–water partition coefficient (Wildman–Crippen LogP) is 3.98. The molecule has 0 aromatic heterocycles. The largest absolute Gasteiger partial charge is 0.384 e. The maximum Gasteiger partial charge on any atom is 0.143 e. The molecular formula is C14H12BrFO. The van der Waals surface area contributed by atoms with E-state index in [4.69, 9.17) is 0 Å². The number of aryl methyl sites for hydroxylation is 1. The summed E-state index contributed by atoms with van der Waals surface area (Å²) in [5.41, 5.74) is 1.88. The van der Waals surface area contributed by atoms with Gasteiger partial charge < -0.3 is 5.11 Å². The predicted molar refractivity (Wildman–Crippen MR) is 69.3 cm³/mol. The monoisotopic (exact) mass is 294 g/mol. The van der Waals surface area contributed by atoms with Gasteiger partial charge in [0.05, 0.1) is 4.47 Å². The number of aliphatic hydroxyl groups is 1. The van der Waals surface area contributed by atoms with Gasteiger partial charge in [-0.05, 0) is 40.0 Å². The third kappa shape index (κ3) is 2.56. The highest BCUT2D eigenvalue weighted by atomic mass is 79.9. The summed E-state index contributed by atoms with van der Waals surface area (Å²) in [5.74, 6) is -0.410. The van der Waals surface area contributed by atoms with Gasteiger partial charge in [0.25, 0.3) is 0 Å². The van der Waals surface area contributed by atoms with Gasteiger partial charge in [-0.1, -0.05) is 36.4 Å². The van der Waals surface area contributed by atoms with Crippen LogP contribution in [0.3, 0.4) is 0 Å². The summed E-state index contributed by atoms with van der Waals surface area (Å²) in [7, 11) is 0. The molecule has 0 bridgehead atoms. The normalized spacial score (nSPS) is 12.5. The SMILES string of the molecule is Cc1cc(Br)c(F)c(C(O)c2ccccc2)c1. The second-order valence-corrected chi connectivity index (χ2v) is 4.82. The zero-order valence-electron chi connectivity index (χ0n) is 9.32. The van der Waals surface area contributed by atoms with E-state index in [0.29, 0.717) is 15.6 Å². The summed E-state index contributed by atoms with van der Waals surface area (Å²) in [5, 5.41) is 10.2. The van der Waals surface area contributed by atoms with Crippen LogP contribution in [0.15, 0.2) is 46.9 Å². The van der Waals surface area contributed by atoms with Crippen LogP contribution in [0.1, 0.15) is 22.8 Å². The minimum Gasteiger partial charge on any atom is -0.384 e. The van der Waals surface area contributed by atoms with Crippen molar-refractivity contribution in [3.63, 3.8) is 0 Å². The summed E-state index contributed by atoms with van der Waals surface area (Å²) in [6.07, 6.45) is -0.938. The van der Waals surface area contributed by atoms with Crippen molar-refractivity contribution >= 4 is 15.9 Å². The summed E-state index contributed by atoms with van der Waals surface area (Å²) in [6, 6.07) is 12.4. The average Bonchev–Trinajstić information content (AvgIpc) is 2.34. The van der Waals surface area contributed by atoms with E-state index in [-0.39, 0.29) is 0 Å². The Bertz CT molecular complexity index is 525. The number of hydrogen-bond donors (Lipinski definition) is 1. The van der Waals surface area contributed by atoms with Crippen LogP contribution in [0.4, 0.5) is 4.39 Å². The van der Waals surface area contributed by atoms with Crippen LogP contribution in [-0.4, -0.2) is 5.11 Å². The molecule has 2 rings (SSSR count). The van der Waals surface area contributed by atoms with Gasteiger partial charge in [0.2, 0.25) is 0 Å². The third-order valence-electron chi connectivity index (χ3n) is 2.61. The van der Waals surface area contributed by atoms with Gasteiger partial charge in [0.1, 0.15) is 11.9 Å². The first-order valence-corrected chi connectivity index (χ1v) is 6.07. The molecule has 0 spiro atoms. The van der Waals surface area contributed by atoms with Crippen molar-refractivity contribution in [3.8, 4) is 0 Å². The van der Waals surface area contributed by atoms with Crippen LogP contribution in [0, 0.1) is 12.7 Å². The van der Waals surface area contributed by atoms with Crippen molar-refractivity contribution in [2.75, 3.05) is 0 Å². The molecule has 2 aromatic rings. The number of hydrogen-bond acceptors (Lipinski definition) is 1. The first-order chi connectivity index (χ1) is 8.09. The van der Waals surface area contributed by atoms with Gasteiger partial charge in [0.15, 0.2) is 0 Å². The second kappa shape index (κ2) is 4.98. The number of halogens is 2.